The number of hydrogen-bond donors (Lipinski definition) is 1. The van der Waals surface area contributed by atoms with Gasteiger partial charge in [0.05, 0.1) is 22.0 Å². The Labute approximate surface area is 189 Å². The highest BCUT2D eigenvalue weighted by atomic mass is 35.5. The highest BCUT2D eigenvalue weighted by Gasteiger charge is 2.21. The SMILES string of the molecule is Cc1c(CN(C)C)nnn1-c1cc(Cl)ccc1NS(=O)(=O)c1ccc(C(C)(C)C)cc1. The van der Waals surface area contributed by atoms with E-state index in [1.165, 1.54) is 0 Å². The maximum absolute atomic E-state index is 13.1. The second-order valence-corrected chi connectivity index (χ2v) is 10.9. The number of anilines is 1. The summed E-state index contributed by atoms with van der Waals surface area (Å²) in [5.74, 6) is 0. The molecule has 0 saturated heterocycles. The van der Waals surface area contributed by atoms with E-state index >= 15 is 0 Å². The van der Waals surface area contributed by atoms with E-state index in [-0.39, 0.29) is 10.3 Å². The first-order valence-corrected chi connectivity index (χ1v) is 11.7. The molecule has 0 saturated carbocycles. The molecule has 9 heteroatoms. The molecule has 0 aliphatic heterocycles. The van der Waals surface area contributed by atoms with Gasteiger partial charge in [0, 0.05) is 11.6 Å². The molecule has 0 spiro atoms. The molecule has 1 heterocycles. The van der Waals surface area contributed by atoms with Crippen molar-refractivity contribution >= 4 is 27.3 Å². The van der Waals surface area contributed by atoms with Crippen molar-refractivity contribution in [2.45, 2.75) is 44.6 Å². The fraction of sp³-hybridized carbons (Fsp3) is 0.364. The maximum atomic E-state index is 13.1. The van der Waals surface area contributed by atoms with Crippen LogP contribution in [0.25, 0.3) is 5.69 Å². The number of halogens is 1. The van der Waals surface area contributed by atoms with Crippen LogP contribution in [-0.2, 0) is 22.0 Å². The Morgan fingerprint density at radius 1 is 1.10 bits per heavy atom. The summed E-state index contributed by atoms with van der Waals surface area (Å²) in [5, 5.41) is 8.94. The Morgan fingerprint density at radius 2 is 1.74 bits per heavy atom. The summed E-state index contributed by atoms with van der Waals surface area (Å²) in [6.45, 7) is 8.76. The summed E-state index contributed by atoms with van der Waals surface area (Å²) in [6, 6.07) is 11.9. The van der Waals surface area contributed by atoms with E-state index < -0.39 is 10.0 Å². The smallest absolute Gasteiger partial charge is 0.261 e. The topological polar surface area (TPSA) is 80.1 Å². The molecule has 0 amide bonds. The molecule has 3 rings (SSSR count). The van der Waals surface area contributed by atoms with Crippen LogP contribution in [0.2, 0.25) is 5.02 Å². The zero-order chi connectivity index (χ0) is 23.0. The summed E-state index contributed by atoms with van der Waals surface area (Å²) < 4.78 is 30.4. The van der Waals surface area contributed by atoms with Crippen molar-refractivity contribution in [3.05, 3.63) is 64.4 Å². The van der Waals surface area contributed by atoms with Crippen LogP contribution in [0.15, 0.2) is 47.4 Å². The van der Waals surface area contributed by atoms with Crippen LogP contribution >= 0.6 is 11.6 Å². The minimum absolute atomic E-state index is 0.0616. The Bertz CT molecular complexity index is 1180. The zero-order valence-electron chi connectivity index (χ0n) is 18.6. The van der Waals surface area contributed by atoms with Crippen molar-refractivity contribution in [2.24, 2.45) is 0 Å². The van der Waals surface area contributed by atoms with Crippen molar-refractivity contribution in [3.8, 4) is 5.69 Å². The third-order valence-corrected chi connectivity index (χ3v) is 6.54. The number of benzene rings is 2. The number of sulfonamides is 1. The van der Waals surface area contributed by atoms with Gasteiger partial charge in [-0.25, -0.2) is 13.1 Å². The zero-order valence-corrected chi connectivity index (χ0v) is 20.2. The maximum Gasteiger partial charge on any atom is 0.261 e. The highest BCUT2D eigenvalue weighted by molar-refractivity contribution is 7.92. The number of nitrogens with zero attached hydrogens (tertiary/aromatic N) is 4. The Balaban J connectivity index is 1.99. The molecule has 2 aromatic carbocycles. The number of aromatic nitrogens is 3. The lowest BCUT2D eigenvalue weighted by molar-refractivity contribution is 0.395. The summed E-state index contributed by atoms with van der Waals surface area (Å²) in [6.07, 6.45) is 0. The average Bonchev–Trinajstić information content (AvgIpc) is 3.02. The molecule has 0 aliphatic rings. The van der Waals surface area contributed by atoms with Crippen molar-refractivity contribution in [2.75, 3.05) is 18.8 Å². The molecule has 0 bridgehead atoms. The summed E-state index contributed by atoms with van der Waals surface area (Å²) in [4.78, 5) is 2.18. The molecule has 0 radical (unpaired) electrons. The lowest BCUT2D eigenvalue weighted by atomic mass is 9.87. The van der Waals surface area contributed by atoms with Gasteiger partial charge in [0.1, 0.15) is 5.69 Å². The molecular weight excluding hydrogens is 434 g/mol. The third-order valence-electron chi connectivity index (χ3n) is 4.92. The van der Waals surface area contributed by atoms with E-state index in [2.05, 4.69) is 35.8 Å². The molecule has 1 aromatic heterocycles. The van der Waals surface area contributed by atoms with Crippen molar-refractivity contribution in [3.63, 3.8) is 0 Å². The minimum Gasteiger partial charge on any atom is -0.303 e. The highest BCUT2D eigenvalue weighted by Crippen LogP contribution is 2.29. The minimum atomic E-state index is -3.81. The number of nitrogens with one attached hydrogen (secondary N) is 1. The van der Waals surface area contributed by atoms with Crippen molar-refractivity contribution in [1.82, 2.24) is 19.9 Å². The van der Waals surface area contributed by atoms with Crippen LogP contribution in [0.1, 0.15) is 37.7 Å². The second kappa shape index (κ2) is 8.61. The predicted molar refractivity (Wildman–Crippen MR) is 124 cm³/mol. The standard InChI is InChI=1S/C22H28ClN5O2S/c1-15-20(14-27(5)6)24-26-28(15)21-13-17(23)9-12-19(21)25-31(29,30)18-10-7-16(8-11-18)22(2,3)4/h7-13,25H,14H2,1-6H3. The van der Waals surface area contributed by atoms with Gasteiger partial charge >= 0.3 is 0 Å². The average molecular weight is 462 g/mol. The van der Waals surface area contributed by atoms with Gasteiger partial charge in [-0.2, -0.15) is 0 Å². The summed E-state index contributed by atoms with van der Waals surface area (Å²) >= 11 is 6.21. The summed E-state index contributed by atoms with van der Waals surface area (Å²) in [5.41, 5.74) is 3.49. The van der Waals surface area contributed by atoms with Gasteiger partial charge in [0.15, 0.2) is 0 Å². The van der Waals surface area contributed by atoms with E-state index in [1.54, 1.807) is 35.0 Å². The Morgan fingerprint density at radius 3 is 2.32 bits per heavy atom. The van der Waals surface area contributed by atoms with E-state index in [0.717, 1.165) is 17.0 Å². The summed E-state index contributed by atoms with van der Waals surface area (Å²) in [7, 11) is 0.0867. The first-order valence-electron chi connectivity index (χ1n) is 9.87. The van der Waals surface area contributed by atoms with Crippen molar-refractivity contribution < 1.29 is 8.42 Å². The lowest BCUT2D eigenvalue weighted by Gasteiger charge is -2.19. The van der Waals surface area contributed by atoms with Gasteiger partial charge in [-0.1, -0.05) is 49.7 Å². The lowest BCUT2D eigenvalue weighted by Crippen LogP contribution is -2.16. The van der Waals surface area contributed by atoms with Crippen LogP contribution in [0.4, 0.5) is 5.69 Å². The molecule has 1 N–H and O–H groups in total. The van der Waals surface area contributed by atoms with E-state index in [4.69, 9.17) is 11.6 Å². The van der Waals surface area contributed by atoms with Crippen molar-refractivity contribution in [1.29, 1.82) is 0 Å². The first-order chi connectivity index (χ1) is 14.4. The van der Waals surface area contributed by atoms with Gasteiger partial charge in [-0.05, 0) is 62.3 Å². The van der Waals surface area contributed by atoms with Gasteiger partial charge in [-0.3, -0.25) is 4.72 Å². The van der Waals surface area contributed by atoms with E-state index in [9.17, 15) is 8.42 Å². The largest absolute Gasteiger partial charge is 0.303 e. The van der Waals surface area contributed by atoms with Crippen LogP contribution < -0.4 is 4.72 Å². The first kappa shape index (κ1) is 23.2. The van der Waals surface area contributed by atoms with Gasteiger partial charge in [0.2, 0.25) is 0 Å². The number of hydrogen-bond acceptors (Lipinski definition) is 5. The quantitative estimate of drug-likeness (QED) is 0.588. The van der Waals surface area contributed by atoms with E-state index in [0.29, 0.717) is 22.9 Å². The number of rotatable bonds is 6. The Hall–Kier alpha value is -2.42. The molecular formula is C22H28ClN5O2S. The molecule has 3 aromatic rings. The second-order valence-electron chi connectivity index (χ2n) is 8.81. The molecule has 0 atom stereocenters. The fourth-order valence-corrected chi connectivity index (χ4v) is 4.38. The van der Waals surface area contributed by atoms with Gasteiger partial charge < -0.3 is 4.90 Å². The molecule has 0 aliphatic carbocycles. The Kier molecular flexibility index (Phi) is 6.45. The molecule has 0 unspecified atom stereocenters. The van der Waals surface area contributed by atoms with Gasteiger partial charge in [0.25, 0.3) is 10.0 Å². The van der Waals surface area contributed by atoms with Crippen LogP contribution in [0, 0.1) is 6.92 Å². The van der Waals surface area contributed by atoms with Crippen LogP contribution in [0.3, 0.4) is 0 Å². The fourth-order valence-electron chi connectivity index (χ4n) is 3.14. The molecule has 7 nitrogen and oxygen atoms in total. The predicted octanol–water partition coefficient (Wildman–Crippen LogP) is 4.39. The third kappa shape index (κ3) is 5.26. The van der Waals surface area contributed by atoms with Crippen LogP contribution in [-0.4, -0.2) is 42.4 Å². The molecule has 31 heavy (non-hydrogen) atoms. The molecule has 0 fully saturated rings. The molecule has 166 valence electrons. The monoisotopic (exact) mass is 461 g/mol. The van der Waals surface area contributed by atoms with Crippen LogP contribution in [0.5, 0.6) is 0 Å². The van der Waals surface area contributed by atoms with Gasteiger partial charge in [-0.15, -0.1) is 5.10 Å². The normalized spacial score (nSPS) is 12.4. The van der Waals surface area contributed by atoms with E-state index in [1.807, 2.05) is 38.1 Å².